The van der Waals surface area contributed by atoms with Gasteiger partial charge in [-0.3, -0.25) is 4.99 Å². The third-order valence-electron chi connectivity index (χ3n) is 4.96. The summed E-state index contributed by atoms with van der Waals surface area (Å²) in [6, 6.07) is 9.21. The minimum Gasteiger partial charge on any atom is -0.354 e. The lowest BCUT2D eigenvalue weighted by Gasteiger charge is -2.28. The van der Waals surface area contributed by atoms with Gasteiger partial charge in [0.25, 0.3) is 0 Å². The molecular formula is C20H30IN5. The second-order valence-electron chi connectivity index (χ2n) is 7.08. The third-order valence-corrected chi connectivity index (χ3v) is 4.96. The Bertz CT molecular complexity index is 675. The van der Waals surface area contributed by atoms with Crippen molar-refractivity contribution >= 4 is 29.9 Å². The summed E-state index contributed by atoms with van der Waals surface area (Å²) in [6.45, 7) is 3.97. The fourth-order valence-corrected chi connectivity index (χ4v) is 3.41. The second kappa shape index (κ2) is 10.5. The molecule has 26 heavy (non-hydrogen) atoms. The number of aromatic nitrogens is 2. The van der Waals surface area contributed by atoms with Crippen molar-refractivity contribution in [2.45, 2.75) is 51.7 Å². The molecule has 1 fully saturated rings. The summed E-state index contributed by atoms with van der Waals surface area (Å²) in [5, 5.41) is 7.02. The van der Waals surface area contributed by atoms with Crippen molar-refractivity contribution in [3.05, 3.63) is 54.1 Å². The maximum absolute atomic E-state index is 4.38. The Hall–Kier alpha value is -1.57. The normalized spacial score (nSPS) is 20.3. The van der Waals surface area contributed by atoms with E-state index in [1.807, 2.05) is 25.8 Å². The Morgan fingerprint density at radius 2 is 2.00 bits per heavy atom. The fourth-order valence-electron chi connectivity index (χ4n) is 3.41. The van der Waals surface area contributed by atoms with E-state index in [2.05, 4.69) is 56.4 Å². The van der Waals surface area contributed by atoms with E-state index in [1.165, 1.54) is 36.8 Å². The Morgan fingerprint density at radius 1 is 1.23 bits per heavy atom. The predicted octanol–water partition coefficient (Wildman–Crippen LogP) is 3.79. The summed E-state index contributed by atoms with van der Waals surface area (Å²) in [5.74, 6) is 1.77. The van der Waals surface area contributed by atoms with Crippen molar-refractivity contribution in [1.82, 2.24) is 20.2 Å². The van der Waals surface area contributed by atoms with E-state index in [0.29, 0.717) is 6.04 Å². The zero-order chi connectivity index (χ0) is 17.5. The van der Waals surface area contributed by atoms with Crippen LogP contribution in [0.2, 0.25) is 0 Å². The third kappa shape index (κ3) is 6.30. The molecule has 1 aliphatic rings. The highest BCUT2D eigenvalue weighted by molar-refractivity contribution is 14.0. The Balaban J connectivity index is 0.00000243. The molecule has 1 saturated carbocycles. The summed E-state index contributed by atoms with van der Waals surface area (Å²) in [7, 11) is 1.84. The molecule has 1 heterocycles. The van der Waals surface area contributed by atoms with Crippen molar-refractivity contribution in [2.24, 2.45) is 10.9 Å². The van der Waals surface area contributed by atoms with Crippen LogP contribution in [0.4, 0.5) is 0 Å². The van der Waals surface area contributed by atoms with Crippen molar-refractivity contribution in [3.63, 3.8) is 0 Å². The van der Waals surface area contributed by atoms with Crippen LogP contribution in [-0.4, -0.2) is 28.6 Å². The molecule has 0 spiro atoms. The summed E-state index contributed by atoms with van der Waals surface area (Å²) >= 11 is 0. The first-order chi connectivity index (χ1) is 12.2. The summed E-state index contributed by atoms with van der Waals surface area (Å²) < 4.78 is 2.08. The Kier molecular flexibility index (Phi) is 8.41. The molecular weight excluding hydrogens is 437 g/mol. The standard InChI is InChI=1S/C20H29N5.HI/c1-16-6-8-19(9-7-16)24-20(21-2)23-13-17-4-3-5-18(12-17)14-25-11-10-22-15-25;/h3-5,10-12,15-16,19H,6-9,13-14H2,1-2H3,(H2,21,23,24);1H. The van der Waals surface area contributed by atoms with Gasteiger partial charge in [0.2, 0.25) is 0 Å². The molecule has 1 aliphatic carbocycles. The van der Waals surface area contributed by atoms with Crippen LogP contribution >= 0.6 is 24.0 Å². The highest BCUT2D eigenvalue weighted by atomic mass is 127. The number of guanidine groups is 1. The molecule has 0 saturated heterocycles. The van der Waals surface area contributed by atoms with Gasteiger partial charge in [0, 0.05) is 38.6 Å². The van der Waals surface area contributed by atoms with Crippen LogP contribution < -0.4 is 10.6 Å². The van der Waals surface area contributed by atoms with Gasteiger partial charge in [-0.1, -0.05) is 31.2 Å². The SMILES string of the molecule is CN=C(NCc1cccc(Cn2ccnc2)c1)NC1CCC(C)CC1.I. The van der Waals surface area contributed by atoms with E-state index in [-0.39, 0.29) is 24.0 Å². The topological polar surface area (TPSA) is 54.2 Å². The number of rotatable bonds is 5. The van der Waals surface area contributed by atoms with Crippen LogP contribution in [0, 0.1) is 5.92 Å². The maximum atomic E-state index is 4.38. The first-order valence-corrected chi connectivity index (χ1v) is 9.23. The van der Waals surface area contributed by atoms with Crippen LogP contribution in [0.5, 0.6) is 0 Å². The molecule has 2 aromatic rings. The lowest BCUT2D eigenvalue weighted by molar-refractivity contribution is 0.329. The maximum Gasteiger partial charge on any atom is 0.191 e. The van der Waals surface area contributed by atoms with Crippen molar-refractivity contribution in [3.8, 4) is 0 Å². The van der Waals surface area contributed by atoms with E-state index in [4.69, 9.17) is 0 Å². The molecule has 5 nitrogen and oxygen atoms in total. The smallest absolute Gasteiger partial charge is 0.191 e. The molecule has 2 N–H and O–H groups in total. The van der Waals surface area contributed by atoms with E-state index in [9.17, 15) is 0 Å². The number of imidazole rings is 1. The highest BCUT2D eigenvalue weighted by Gasteiger charge is 2.18. The fraction of sp³-hybridized carbons (Fsp3) is 0.500. The molecule has 0 unspecified atom stereocenters. The van der Waals surface area contributed by atoms with Gasteiger partial charge in [-0.05, 0) is 42.7 Å². The van der Waals surface area contributed by atoms with E-state index >= 15 is 0 Å². The number of hydrogen-bond acceptors (Lipinski definition) is 2. The second-order valence-corrected chi connectivity index (χ2v) is 7.08. The molecule has 0 atom stereocenters. The summed E-state index contributed by atoms with van der Waals surface area (Å²) in [6.07, 6.45) is 10.7. The number of hydrogen-bond donors (Lipinski definition) is 2. The zero-order valence-electron chi connectivity index (χ0n) is 15.7. The molecule has 1 aromatic carbocycles. The van der Waals surface area contributed by atoms with Crippen LogP contribution in [0.25, 0.3) is 0 Å². The quantitative estimate of drug-likeness (QED) is 0.400. The Morgan fingerprint density at radius 3 is 2.69 bits per heavy atom. The van der Waals surface area contributed by atoms with Gasteiger partial charge < -0.3 is 15.2 Å². The van der Waals surface area contributed by atoms with Gasteiger partial charge in [-0.25, -0.2) is 4.98 Å². The van der Waals surface area contributed by atoms with E-state index in [0.717, 1.165) is 25.0 Å². The molecule has 142 valence electrons. The van der Waals surface area contributed by atoms with Crippen LogP contribution in [-0.2, 0) is 13.1 Å². The first-order valence-electron chi connectivity index (χ1n) is 9.23. The monoisotopic (exact) mass is 467 g/mol. The number of nitrogens with zero attached hydrogens (tertiary/aromatic N) is 3. The van der Waals surface area contributed by atoms with Crippen molar-refractivity contribution in [1.29, 1.82) is 0 Å². The van der Waals surface area contributed by atoms with Gasteiger partial charge in [0.05, 0.1) is 6.33 Å². The van der Waals surface area contributed by atoms with Gasteiger partial charge in [0.15, 0.2) is 5.96 Å². The highest BCUT2D eigenvalue weighted by Crippen LogP contribution is 2.23. The molecule has 0 radical (unpaired) electrons. The van der Waals surface area contributed by atoms with Crippen molar-refractivity contribution < 1.29 is 0 Å². The molecule has 3 rings (SSSR count). The molecule has 0 aliphatic heterocycles. The number of aliphatic imine (C=N–C) groups is 1. The van der Waals surface area contributed by atoms with E-state index < -0.39 is 0 Å². The van der Waals surface area contributed by atoms with E-state index in [1.54, 1.807) is 0 Å². The molecule has 1 aromatic heterocycles. The van der Waals surface area contributed by atoms with Crippen molar-refractivity contribution in [2.75, 3.05) is 7.05 Å². The van der Waals surface area contributed by atoms with Gasteiger partial charge in [-0.15, -0.1) is 24.0 Å². The largest absolute Gasteiger partial charge is 0.354 e. The molecule has 6 heteroatoms. The zero-order valence-corrected chi connectivity index (χ0v) is 18.0. The van der Waals surface area contributed by atoms with Gasteiger partial charge >= 0.3 is 0 Å². The van der Waals surface area contributed by atoms with Gasteiger partial charge in [0.1, 0.15) is 0 Å². The average molecular weight is 467 g/mol. The summed E-state index contributed by atoms with van der Waals surface area (Å²) in [4.78, 5) is 8.48. The van der Waals surface area contributed by atoms with Crippen LogP contribution in [0.15, 0.2) is 48.0 Å². The number of benzene rings is 1. The predicted molar refractivity (Wildman–Crippen MR) is 118 cm³/mol. The first kappa shape index (κ1) is 20.7. The minimum atomic E-state index is 0. The molecule has 0 bridgehead atoms. The Labute approximate surface area is 173 Å². The molecule has 0 amide bonds. The van der Waals surface area contributed by atoms with Crippen LogP contribution in [0.1, 0.15) is 43.7 Å². The average Bonchev–Trinajstić information content (AvgIpc) is 3.13. The minimum absolute atomic E-state index is 0. The number of halogens is 1. The lowest BCUT2D eigenvalue weighted by atomic mass is 9.87. The summed E-state index contributed by atoms with van der Waals surface area (Å²) in [5.41, 5.74) is 2.54. The van der Waals surface area contributed by atoms with Gasteiger partial charge in [-0.2, -0.15) is 0 Å². The van der Waals surface area contributed by atoms with Crippen LogP contribution in [0.3, 0.4) is 0 Å². The lowest BCUT2D eigenvalue weighted by Crippen LogP contribution is -2.44. The number of nitrogens with one attached hydrogen (secondary N) is 2.